The van der Waals surface area contributed by atoms with E-state index in [9.17, 15) is 4.79 Å². The van der Waals surface area contributed by atoms with Crippen LogP contribution in [0.4, 0.5) is 0 Å². The molecular weight excluding hydrogens is 280 g/mol. The molecule has 0 aliphatic carbocycles. The smallest absolute Gasteiger partial charge is 0.267 e. The molecule has 2 rings (SSSR count). The molecule has 2 aromatic rings. The Bertz CT molecular complexity index is 620. The zero-order valence-corrected chi connectivity index (χ0v) is 12.5. The number of rotatable bonds is 7. The van der Waals surface area contributed by atoms with Gasteiger partial charge in [-0.15, -0.1) is 0 Å². The molecule has 0 fully saturated rings. The molecule has 2 N–H and O–H groups in total. The molecule has 0 aliphatic rings. The summed E-state index contributed by atoms with van der Waals surface area (Å²) in [6, 6.07) is 14.0. The van der Waals surface area contributed by atoms with Crippen molar-refractivity contribution in [3.63, 3.8) is 0 Å². The second-order valence-electron chi connectivity index (χ2n) is 4.90. The fourth-order valence-corrected chi connectivity index (χ4v) is 2.11. The summed E-state index contributed by atoms with van der Waals surface area (Å²) in [4.78, 5) is 13.2. The Balaban J connectivity index is 1.95. The van der Waals surface area contributed by atoms with Gasteiger partial charge in [0.2, 0.25) is 0 Å². The number of nitrogens with one attached hydrogen (secondary N) is 1. The number of hydrogen-bond donors (Lipinski definition) is 2. The van der Waals surface area contributed by atoms with Gasteiger partial charge < -0.3 is 4.42 Å². The summed E-state index contributed by atoms with van der Waals surface area (Å²) in [5, 5.41) is 8.42. The largest absolute Gasteiger partial charge is 0.460 e. The van der Waals surface area contributed by atoms with E-state index in [2.05, 4.69) is 24.0 Å². The van der Waals surface area contributed by atoms with Crippen LogP contribution >= 0.6 is 0 Å². The van der Waals surface area contributed by atoms with Gasteiger partial charge in [-0.3, -0.25) is 14.9 Å². The topological polar surface area (TPSA) is 65.7 Å². The number of carbonyl (C=O) groups is 1. The van der Waals surface area contributed by atoms with E-state index < -0.39 is 5.91 Å². The molecule has 0 radical (unpaired) electrons. The van der Waals surface area contributed by atoms with E-state index in [0.29, 0.717) is 12.3 Å². The van der Waals surface area contributed by atoms with Crippen LogP contribution in [0.2, 0.25) is 0 Å². The lowest BCUT2D eigenvalue weighted by Gasteiger charge is -2.19. The van der Waals surface area contributed by atoms with Gasteiger partial charge in [-0.1, -0.05) is 37.3 Å². The van der Waals surface area contributed by atoms with E-state index in [-0.39, 0.29) is 0 Å². The Morgan fingerprint density at radius 1 is 1.23 bits per heavy atom. The third-order valence-electron chi connectivity index (χ3n) is 3.27. The Kier molecular flexibility index (Phi) is 5.94. The first-order valence-electron chi connectivity index (χ1n) is 7.18. The number of furan rings is 1. The van der Waals surface area contributed by atoms with Crippen molar-refractivity contribution in [1.29, 1.82) is 0 Å². The Morgan fingerprint density at radius 3 is 2.68 bits per heavy atom. The van der Waals surface area contributed by atoms with Gasteiger partial charge in [0.15, 0.2) is 0 Å². The minimum absolute atomic E-state index is 0.578. The van der Waals surface area contributed by atoms with Gasteiger partial charge in [0.05, 0.1) is 6.54 Å². The van der Waals surface area contributed by atoms with Gasteiger partial charge in [-0.05, 0) is 30.3 Å². The standard InChI is InChI=1S/C17H20N2O3/c1-2-19(12-14-6-4-3-5-7-14)13-16-9-8-15(22-16)10-11-17(20)18-21/h3-11,21H,2,12-13H2,1H3,(H,18,20)/b11-10+. The lowest BCUT2D eigenvalue weighted by molar-refractivity contribution is -0.124. The average molecular weight is 300 g/mol. The molecule has 1 heterocycles. The molecule has 0 spiro atoms. The molecule has 1 amide bonds. The van der Waals surface area contributed by atoms with Crippen LogP contribution in [0.25, 0.3) is 6.08 Å². The Hall–Kier alpha value is -2.37. The first kappa shape index (κ1) is 16.0. The second kappa shape index (κ2) is 8.17. The minimum Gasteiger partial charge on any atom is -0.460 e. The summed E-state index contributed by atoms with van der Waals surface area (Å²) in [5.41, 5.74) is 2.79. The summed E-state index contributed by atoms with van der Waals surface area (Å²) in [6.07, 6.45) is 2.73. The maximum atomic E-state index is 10.9. The van der Waals surface area contributed by atoms with E-state index in [0.717, 1.165) is 18.8 Å². The summed E-state index contributed by atoms with van der Waals surface area (Å²) >= 11 is 0. The van der Waals surface area contributed by atoms with Gasteiger partial charge in [-0.25, -0.2) is 5.48 Å². The molecule has 0 bridgehead atoms. The maximum absolute atomic E-state index is 10.9. The van der Waals surface area contributed by atoms with Crippen molar-refractivity contribution in [1.82, 2.24) is 10.4 Å². The number of carbonyl (C=O) groups excluding carboxylic acids is 1. The van der Waals surface area contributed by atoms with Crippen LogP contribution in [0.15, 0.2) is 53.0 Å². The molecule has 22 heavy (non-hydrogen) atoms. The van der Waals surface area contributed by atoms with E-state index in [1.54, 1.807) is 6.07 Å². The molecule has 1 aromatic heterocycles. The van der Waals surface area contributed by atoms with E-state index in [4.69, 9.17) is 9.62 Å². The summed E-state index contributed by atoms with van der Waals surface area (Å²) in [7, 11) is 0. The van der Waals surface area contributed by atoms with E-state index in [1.807, 2.05) is 24.3 Å². The third-order valence-corrected chi connectivity index (χ3v) is 3.27. The Morgan fingerprint density at radius 2 is 2.00 bits per heavy atom. The minimum atomic E-state index is -0.586. The first-order chi connectivity index (χ1) is 10.7. The predicted octanol–water partition coefficient (Wildman–Crippen LogP) is 2.82. The number of hydroxylamine groups is 1. The monoisotopic (exact) mass is 300 g/mol. The highest BCUT2D eigenvalue weighted by Crippen LogP contribution is 2.14. The van der Waals surface area contributed by atoms with Crippen molar-refractivity contribution >= 4 is 12.0 Å². The van der Waals surface area contributed by atoms with Crippen LogP contribution in [0, 0.1) is 0 Å². The lowest BCUT2D eigenvalue weighted by Crippen LogP contribution is -2.21. The van der Waals surface area contributed by atoms with Crippen LogP contribution < -0.4 is 5.48 Å². The molecule has 116 valence electrons. The first-order valence-corrected chi connectivity index (χ1v) is 7.18. The summed E-state index contributed by atoms with van der Waals surface area (Å²) in [5.74, 6) is 0.827. The van der Waals surface area contributed by atoms with E-state index >= 15 is 0 Å². The number of amides is 1. The fourth-order valence-electron chi connectivity index (χ4n) is 2.11. The number of nitrogens with zero attached hydrogens (tertiary/aromatic N) is 1. The predicted molar refractivity (Wildman–Crippen MR) is 83.9 cm³/mol. The molecule has 5 heteroatoms. The van der Waals surface area contributed by atoms with Gasteiger partial charge in [0.1, 0.15) is 11.5 Å². The Labute approximate surface area is 129 Å². The highest BCUT2D eigenvalue weighted by molar-refractivity contribution is 5.90. The molecule has 0 atom stereocenters. The van der Waals surface area contributed by atoms with Crippen LogP contribution in [0.1, 0.15) is 24.0 Å². The van der Waals surface area contributed by atoms with Crippen LogP contribution in [-0.4, -0.2) is 22.6 Å². The molecule has 0 unspecified atom stereocenters. The van der Waals surface area contributed by atoms with Gasteiger partial charge in [0.25, 0.3) is 5.91 Å². The van der Waals surface area contributed by atoms with Crippen molar-refractivity contribution in [3.05, 3.63) is 65.6 Å². The van der Waals surface area contributed by atoms with Crippen molar-refractivity contribution in [3.8, 4) is 0 Å². The lowest BCUT2D eigenvalue weighted by atomic mass is 10.2. The molecule has 5 nitrogen and oxygen atoms in total. The number of hydrogen-bond acceptors (Lipinski definition) is 4. The zero-order valence-electron chi connectivity index (χ0n) is 12.5. The summed E-state index contributed by atoms with van der Waals surface area (Å²) in [6.45, 7) is 4.58. The molecule has 0 saturated carbocycles. The normalized spacial score (nSPS) is 11.2. The SMILES string of the molecule is CCN(Cc1ccccc1)Cc1ccc(/C=C/C(=O)NO)o1. The average Bonchev–Trinajstić information content (AvgIpc) is 3.00. The highest BCUT2D eigenvalue weighted by Gasteiger charge is 2.08. The van der Waals surface area contributed by atoms with Crippen LogP contribution in [-0.2, 0) is 17.9 Å². The van der Waals surface area contributed by atoms with Gasteiger partial charge in [0, 0.05) is 12.6 Å². The second-order valence-corrected chi connectivity index (χ2v) is 4.90. The van der Waals surface area contributed by atoms with E-state index in [1.165, 1.54) is 23.2 Å². The highest BCUT2D eigenvalue weighted by atomic mass is 16.5. The van der Waals surface area contributed by atoms with Crippen LogP contribution in [0.3, 0.4) is 0 Å². The fraction of sp³-hybridized carbons (Fsp3) is 0.235. The van der Waals surface area contributed by atoms with Gasteiger partial charge >= 0.3 is 0 Å². The van der Waals surface area contributed by atoms with Crippen LogP contribution in [0.5, 0.6) is 0 Å². The van der Waals surface area contributed by atoms with Crippen molar-refractivity contribution in [2.24, 2.45) is 0 Å². The number of benzene rings is 1. The third kappa shape index (κ3) is 4.87. The molecule has 0 aliphatic heterocycles. The molecular formula is C17H20N2O3. The van der Waals surface area contributed by atoms with Crippen molar-refractivity contribution in [2.45, 2.75) is 20.0 Å². The van der Waals surface area contributed by atoms with Crippen molar-refractivity contribution < 1.29 is 14.4 Å². The quantitative estimate of drug-likeness (QED) is 0.469. The van der Waals surface area contributed by atoms with Crippen molar-refractivity contribution in [2.75, 3.05) is 6.54 Å². The van der Waals surface area contributed by atoms with Gasteiger partial charge in [-0.2, -0.15) is 0 Å². The molecule has 1 aromatic carbocycles. The maximum Gasteiger partial charge on any atom is 0.267 e. The molecule has 0 saturated heterocycles. The summed E-state index contributed by atoms with van der Waals surface area (Å²) < 4.78 is 5.66. The zero-order chi connectivity index (χ0) is 15.8.